The second kappa shape index (κ2) is 8.73. The molecule has 2 aromatic carbocycles. The maximum Gasteiger partial charge on any atom is 0.309 e. The lowest BCUT2D eigenvalue weighted by atomic mass is 9.99. The fourth-order valence-electron chi connectivity index (χ4n) is 3.16. The Bertz CT molecular complexity index is 1010. The number of anilines is 1. The van der Waals surface area contributed by atoms with Gasteiger partial charge in [0, 0.05) is 19.5 Å². The lowest BCUT2D eigenvalue weighted by Crippen LogP contribution is -2.08. The summed E-state index contributed by atoms with van der Waals surface area (Å²) in [7, 11) is 0. The lowest BCUT2D eigenvalue weighted by Gasteiger charge is -2.10. The quantitative estimate of drug-likeness (QED) is 0.622. The minimum absolute atomic E-state index is 0.129. The Morgan fingerprint density at radius 3 is 2.24 bits per heavy atom. The van der Waals surface area contributed by atoms with Crippen molar-refractivity contribution in [2.75, 3.05) is 5.32 Å². The number of carbonyl (C=O) groups is 2. The second-order valence-electron chi connectivity index (χ2n) is 7.32. The zero-order chi connectivity index (χ0) is 21.0. The molecule has 150 valence electrons. The number of esters is 1. The summed E-state index contributed by atoms with van der Waals surface area (Å²) in [5.41, 5.74) is 4.03. The topological polar surface area (TPSA) is 73.2 Å². The van der Waals surface area contributed by atoms with Gasteiger partial charge in [0.2, 0.25) is 11.8 Å². The number of hydrogen-bond acceptors (Lipinski definition) is 4. The fraction of sp³-hybridized carbons (Fsp3) is 0.261. The molecule has 29 heavy (non-hydrogen) atoms. The van der Waals surface area contributed by atoms with Crippen LogP contribution in [0, 0.1) is 5.92 Å². The van der Waals surface area contributed by atoms with Crippen LogP contribution in [0.1, 0.15) is 33.4 Å². The van der Waals surface area contributed by atoms with E-state index in [1.54, 1.807) is 4.68 Å². The van der Waals surface area contributed by atoms with Crippen LogP contribution in [0.4, 0.5) is 5.69 Å². The highest BCUT2D eigenvalue weighted by molar-refractivity contribution is 5.89. The van der Waals surface area contributed by atoms with Crippen molar-refractivity contribution in [3.8, 4) is 22.7 Å². The maximum atomic E-state index is 11.9. The summed E-state index contributed by atoms with van der Waals surface area (Å²) in [6, 6.07) is 17.0. The Morgan fingerprint density at radius 2 is 1.69 bits per heavy atom. The van der Waals surface area contributed by atoms with Crippen LogP contribution in [0.2, 0.25) is 0 Å². The van der Waals surface area contributed by atoms with Crippen molar-refractivity contribution < 1.29 is 14.3 Å². The van der Waals surface area contributed by atoms with Crippen LogP contribution in [0.3, 0.4) is 0 Å². The van der Waals surface area contributed by atoms with Crippen molar-refractivity contribution in [2.45, 2.75) is 34.1 Å². The summed E-state index contributed by atoms with van der Waals surface area (Å²) >= 11 is 0. The first-order chi connectivity index (χ1) is 13.8. The molecule has 0 aliphatic heterocycles. The van der Waals surface area contributed by atoms with E-state index in [1.807, 2.05) is 54.6 Å². The van der Waals surface area contributed by atoms with Crippen molar-refractivity contribution in [1.29, 1.82) is 0 Å². The molecule has 0 atom stereocenters. The van der Waals surface area contributed by atoms with Crippen LogP contribution in [0.25, 0.3) is 16.8 Å². The number of amides is 1. The summed E-state index contributed by atoms with van der Waals surface area (Å²) < 4.78 is 7.31. The average molecular weight is 391 g/mol. The summed E-state index contributed by atoms with van der Waals surface area (Å²) in [5.74, 6) is 0.230. The number of nitrogens with zero attached hydrogens (tertiary/aromatic N) is 2. The van der Waals surface area contributed by atoms with Crippen LogP contribution in [-0.2, 0) is 16.0 Å². The molecule has 0 aliphatic carbocycles. The predicted molar refractivity (Wildman–Crippen MR) is 113 cm³/mol. The minimum atomic E-state index is -0.408. The molecule has 1 N–H and O–H groups in total. The van der Waals surface area contributed by atoms with Gasteiger partial charge in [-0.3, -0.25) is 9.59 Å². The van der Waals surface area contributed by atoms with E-state index in [0.717, 1.165) is 28.9 Å². The largest absolute Gasteiger partial charge is 0.407 e. The van der Waals surface area contributed by atoms with Gasteiger partial charge in [-0.2, -0.15) is 9.78 Å². The smallest absolute Gasteiger partial charge is 0.309 e. The van der Waals surface area contributed by atoms with E-state index < -0.39 is 5.97 Å². The predicted octanol–water partition coefficient (Wildman–Crippen LogP) is 4.62. The molecule has 0 saturated carbocycles. The average Bonchev–Trinajstić information content (AvgIpc) is 2.99. The summed E-state index contributed by atoms with van der Waals surface area (Å²) in [5, 5.41) is 7.55. The van der Waals surface area contributed by atoms with Gasteiger partial charge in [-0.15, -0.1) is 0 Å². The highest BCUT2D eigenvalue weighted by atomic mass is 16.5. The van der Waals surface area contributed by atoms with Crippen LogP contribution >= 0.6 is 0 Å². The van der Waals surface area contributed by atoms with Crippen LogP contribution in [-0.4, -0.2) is 21.7 Å². The fourth-order valence-corrected chi connectivity index (χ4v) is 3.16. The van der Waals surface area contributed by atoms with Gasteiger partial charge >= 0.3 is 5.97 Å². The van der Waals surface area contributed by atoms with Gasteiger partial charge < -0.3 is 10.1 Å². The number of carbonyl (C=O) groups excluding carboxylic acids is 2. The van der Waals surface area contributed by atoms with Crippen molar-refractivity contribution in [1.82, 2.24) is 9.78 Å². The van der Waals surface area contributed by atoms with Crippen molar-refractivity contribution in [2.24, 2.45) is 5.92 Å². The van der Waals surface area contributed by atoms with Crippen LogP contribution in [0.5, 0.6) is 5.88 Å². The SMILES string of the molecule is CC(=O)Nc1ccc(-c2c(CC(C)C)nn(-c3ccccc3)c2OC(C)=O)cc1. The van der Waals surface area contributed by atoms with E-state index in [1.165, 1.54) is 13.8 Å². The molecule has 0 fully saturated rings. The molecule has 0 spiro atoms. The number of ether oxygens (including phenoxy) is 1. The third-order valence-corrected chi connectivity index (χ3v) is 4.25. The number of para-hydroxylation sites is 1. The molecule has 0 aliphatic rings. The van der Waals surface area contributed by atoms with Gasteiger partial charge in [0.1, 0.15) is 0 Å². The number of rotatable bonds is 6. The summed E-state index contributed by atoms with van der Waals surface area (Å²) in [4.78, 5) is 23.2. The van der Waals surface area contributed by atoms with Crippen molar-refractivity contribution in [3.05, 3.63) is 60.3 Å². The van der Waals surface area contributed by atoms with Gasteiger partial charge in [-0.1, -0.05) is 44.2 Å². The van der Waals surface area contributed by atoms with E-state index in [0.29, 0.717) is 17.5 Å². The Labute approximate surface area is 170 Å². The van der Waals surface area contributed by atoms with Crippen molar-refractivity contribution >= 4 is 17.6 Å². The first-order valence-electron chi connectivity index (χ1n) is 9.59. The number of aromatic nitrogens is 2. The molecule has 6 heteroatoms. The second-order valence-corrected chi connectivity index (χ2v) is 7.32. The molecule has 1 aromatic heterocycles. The zero-order valence-corrected chi connectivity index (χ0v) is 17.1. The number of benzene rings is 2. The van der Waals surface area contributed by atoms with E-state index in [9.17, 15) is 9.59 Å². The first kappa shape index (κ1) is 20.3. The van der Waals surface area contributed by atoms with E-state index in [4.69, 9.17) is 9.84 Å². The van der Waals surface area contributed by atoms with E-state index >= 15 is 0 Å². The molecule has 3 rings (SSSR count). The Hall–Kier alpha value is -3.41. The van der Waals surface area contributed by atoms with Gasteiger partial charge in [0.15, 0.2) is 0 Å². The maximum absolute atomic E-state index is 11.9. The molecule has 1 heterocycles. The lowest BCUT2D eigenvalue weighted by molar-refractivity contribution is -0.132. The Kier molecular flexibility index (Phi) is 6.12. The normalized spacial score (nSPS) is 10.8. The summed E-state index contributed by atoms with van der Waals surface area (Å²) in [6.45, 7) is 7.10. The zero-order valence-electron chi connectivity index (χ0n) is 17.1. The highest BCUT2D eigenvalue weighted by Crippen LogP contribution is 2.37. The standard InChI is InChI=1S/C23H25N3O3/c1-15(2)14-21-22(18-10-12-19(13-11-18)24-16(3)27)23(29-17(4)28)26(25-21)20-8-6-5-7-9-20/h5-13,15H,14H2,1-4H3,(H,24,27). The minimum Gasteiger partial charge on any atom is -0.407 e. The van der Waals surface area contributed by atoms with Gasteiger partial charge in [-0.25, -0.2) is 0 Å². The number of hydrogen-bond donors (Lipinski definition) is 1. The van der Waals surface area contributed by atoms with Crippen molar-refractivity contribution in [3.63, 3.8) is 0 Å². The monoisotopic (exact) mass is 391 g/mol. The third-order valence-electron chi connectivity index (χ3n) is 4.25. The summed E-state index contributed by atoms with van der Waals surface area (Å²) in [6.07, 6.45) is 0.733. The van der Waals surface area contributed by atoms with Gasteiger partial charge in [0.25, 0.3) is 0 Å². The number of nitrogens with one attached hydrogen (secondary N) is 1. The highest BCUT2D eigenvalue weighted by Gasteiger charge is 2.23. The Balaban J connectivity index is 2.18. The Morgan fingerprint density at radius 1 is 1.03 bits per heavy atom. The van der Waals surface area contributed by atoms with Crippen LogP contribution < -0.4 is 10.1 Å². The molecule has 3 aromatic rings. The van der Waals surface area contributed by atoms with Gasteiger partial charge in [0.05, 0.1) is 16.9 Å². The van der Waals surface area contributed by atoms with E-state index in [-0.39, 0.29) is 5.91 Å². The molecule has 0 saturated heterocycles. The molecular formula is C23H25N3O3. The molecule has 0 bridgehead atoms. The molecule has 0 radical (unpaired) electrons. The van der Waals surface area contributed by atoms with Gasteiger partial charge in [-0.05, 0) is 42.2 Å². The third kappa shape index (κ3) is 4.90. The molecular weight excluding hydrogens is 366 g/mol. The molecule has 0 unspecified atom stereocenters. The van der Waals surface area contributed by atoms with Crippen LogP contribution in [0.15, 0.2) is 54.6 Å². The molecule has 6 nitrogen and oxygen atoms in total. The molecule has 1 amide bonds. The van der Waals surface area contributed by atoms with E-state index in [2.05, 4.69) is 19.2 Å². The first-order valence-corrected chi connectivity index (χ1v) is 9.59.